The Balaban J connectivity index is 1.59. The minimum Gasteiger partial charge on any atom is -0.444 e. The molecule has 0 spiro atoms. The van der Waals surface area contributed by atoms with E-state index in [0.717, 1.165) is 35.5 Å². The summed E-state index contributed by atoms with van der Waals surface area (Å²) in [4.78, 5) is 27.6. The van der Waals surface area contributed by atoms with Gasteiger partial charge in [-0.05, 0) is 64.8 Å². The normalized spacial score (nSPS) is 14.6. The molecule has 0 unspecified atom stereocenters. The summed E-state index contributed by atoms with van der Waals surface area (Å²) in [5.74, 6) is -0.101. The Morgan fingerprint density at radius 3 is 2.26 bits per heavy atom. The molecular weight excluding hydrogens is 428 g/mol. The molecule has 4 rings (SSSR count). The number of likely N-dealkylation sites (tertiary alicyclic amines) is 1. The van der Waals surface area contributed by atoms with Crippen molar-refractivity contribution < 1.29 is 14.3 Å². The molecule has 1 aliphatic heterocycles. The van der Waals surface area contributed by atoms with Crippen LogP contribution in [-0.2, 0) is 4.74 Å². The summed E-state index contributed by atoms with van der Waals surface area (Å²) < 4.78 is 7.40. The zero-order valence-corrected chi connectivity index (χ0v) is 20.2. The van der Waals surface area contributed by atoms with Crippen LogP contribution in [-0.4, -0.2) is 45.4 Å². The van der Waals surface area contributed by atoms with Crippen molar-refractivity contribution in [1.82, 2.24) is 14.7 Å². The molecule has 1 aromatic heterocycles. The first-order valence-electron chi connectivity index (χ1n) is 11.7. The minimum absolute atomic E-state index is 0.0835. The summed E-state index contributed by atoms with van der Waals surface area (Å²) in [5.41, 5.74) is 3.68. The van der Waals surface area contributed by atoms with Gasteiger partial charge in [-0.25, -0.2) is 9.48 Å². The van der Waals surface area contributed by atoms with Crippen LogP contribution in [0.3, 0.4) is 0 Å². The van der Waals surface area contributed by atoms with Gasteiger partial charge < -0.3 is 15.0 Å². The number of anilines is 1. The Morgan fingerprint density at radius 2 is 1.65 bits per heavy atom. The van der Waals surface area contributed by atoms with Crippen molar-refractivity contribution in [2.24, 2.45) is 0 Å². The zero-order chi connectivity index (χ0) is 24.3. The molecule has 1 fully saturated rings. The molecule has 0 radical (unpaired) electrons. The van der Waals surface area contributed by atoms with Crippen molar-refractivity contribution in [1.29, 1.82) is 0 Å². The number of hydrogen-bond acceptors (Lipinski definition) is 4. The SMILES string of the molecule is Cc1ccc(NC(=O)c2cnn(-c3ccccc3)c2C2CCN(C(=O)OC(C)(C)C)CC2)cc1. The van der Waals surface area contributed by atoms with Crippen LogP contribution in [0.2, 0.25) is 0 Å². The van der Waals surface area contributed by atoms with Gasteiger partial charge in [-0.15, -0.1) is 0 Å². The van der Waals surface area contributed by atoms with E-state index in [4.69, 9.17) is 4.74 Å². The molecule has 2 amide bonds. The quantitative estimate of drug-likeness (QED) is 0.554. The van der Waals surface area contributed by atoms with Crippen LogP contribution in [0.4, 0.5) is 10.5 Å². The van der Waals surface area contributed by atoms with Crippen molar-refractivity contribution >= 4 is 17.7 Å². The largest absolute Gasteiger partial charge is 0.444 e. The van der Waals surface area contributed by atoms with E-state index in [-0.39, 0.29) is 17.9 Å². The van der Waals surface area contributed by atoms with Crippen LogP contribution in [0.5, 0.6) is 0 Å². The van der Waals surface area contributed by atoms with Gasteiger partial charge in [0.05, 0.1) is 23.1 Å². The first-order valence-corrected chi connectivity index (χ1v) is 11.7. The predicted octanol–water partition coefficient (Wildman–Crippen LogP) is 5.55. The van der Waals surface area contributed by atoms with E-state index in [9.17, 15) is 9.59 Å². The van der Waals surface area contributed by atoms with Crippen molar-refractivity contribution in [2.45, 2.75) is 52.1 Å². The van der Waals surface area contributed by atoms with Crippen LogP contribution in [0.15, 0.2) is 60.8 Å². The number of para-hydroxylation sites is 1. The first-order chi connectivity index (χ1) is 16.2. The van der Waals surface area contributed by atoms with Gasteiger partial charge in [-0.3, -0.25) is 4.79 Å². The second-order valence-electron chi connectivity index (χ2n) is 9.75. The van der Waals surface area contributed by atoms with E-state index in [1.54, 1.807) is 11.1 Å². The molecule has 7 heteroatoms. The van der Waals surface area contributed by atoms with E-state index in [1.807, 2.05) is 87.0 Å². The third kappa shape index (κ3) is 5.47. The average molecular weight is 461 g/mol. The molecule has 0 aliphatic carbocycles. The minimum atomic E-state index is -0.527. The van der Waals surface area contributed by atoms with E-state index in [0.29, 0.717) is 18.7 Å². The number of rotatable bonds is 4. The number of nitrogens with zero attached hydrogens (tertiary/aromatic N) is 3. The monoisotopic (exact) mass is 460 g/mol. The van der Waals surface area contributed by atoms with Crippen molar-refractivity contribution in [3.05, 3.63) is 77.6 Å². The predicted molar refractivity (Wildman–Crippen MR) is 132 cm³/mol. The molecule has 1 aliphatic rings. The number of nitrogens with one attached hydrogen (secondary N) is 1. The van der Waals surface area contributed by atoms with E-state index < -0.39 is 5.60 Å². The van der Waals surface area contributed by atoms with Crippen LogP contribution < -0.4 is 5.32 Å². The van der Waals surface area contributed by atoms with Crippen LogP contribution in [0.1, 0.15) is 61.1 Å². The molecule has 3 aromatic rings. The number of carbonyl (C=O) groups is 2. The van der Waals surface area contributed by atoms with Gasteiger partial charge in [-0.2, -0.15) is 5.10 Å². The van der Waals surface area contributed by atoms with Crippen LogP contribution in [0, 0.1) is 6.92 Å². The Kier molecular flexibility index (Phi) is 6.72. The molecule has 1 N–H and O–H groups in total. The number of aromatic nitrogens is 2. The smallest absolute Gasteiger partial charge is 0.410 e. The first kappa shape index (κ1) is 23.5. The van der Waals surface area contributed by atoms with Gasteiger partial charge in [0.2, 0.25) is 0 Å². The summed E-state index contributed by atoms with van der Waals surface area (Å²) in [7, 11) is 0. The topological polar surface area (TPSA) is 76.5 Å². The van der Waals surface area contributed by atoms with E-state index in [2.05, 4.69) is 10.4 Å². The highest BCUT2D eigenvalue weighted by molar-refractivity contribution is 6.05. The zero-order valence-electron chi connectivity index (χ0n) is 20.2. The van der Waals surface area contributed by atoms with Gasteiger partial charge in [-0.1, -0.05) is 35.9 Å². The molecular formula is C27H32N4O3. The van der Waals surface area contributed by atoms with Crippen molar-refractivity contribution in [3.63, 3.8) is 0 Å². The highest BCUT2D eigenvalue weighted by Crippen LogP contribution is 2.33. The summed E-state index contributed by atoms with van der Waals surface area (Å²) >= 11 is 0. The molecule has 0 bridgehead atoms. The molecule has 2 aromatic carbocycles. The maximum absolute atomic E-state index is 13.3. The number of amides is 2. The standard InChI is InChI=1S/C27H32N4O3/c1-19-10-12-21(13-11-19)29-25(32)23-18-28-31(22-8-6-5-7-9-22)24(23)20-14-16-30(17-15-20)26(33)34-27(2,3)4/h5-13,18,20H,14-17H2,1-4H3,(H,29,32). The number of benzene rings is 2. The lowest BCUT2D eigenvalue weighted by Gasteiger charge is -2.34. The number of carbonyl (C=O) groups excluding carboxylic acids is 2. The van der Waals surface area contributed by atoms with Gasteiger partial charge in [0, 0.05) is 24.7 Å². The lowest BCUT2D eigenvalue weighted by Crippen LogP contribution is -2.41. The highest BCUT2D eigenvalue weighted by Gasteiger charge is 2.32. The number of piperidine rings is 1. The maximum atomic E-state index is 13.3. The van der Waals surface area contributed by atoms with Crippen LogP contribution >= 0.6 is 0 Å². The Bertz CT molecular complexity index is 1140. The maximum Gasteiger partial charge on any atom is 0.410 e. The molecule has 0 saturated carbocycles. The second-order valence-corrected chi connectivity index (χ2v) is 9.75. The average Bonchev–Trinajstić information content (AvgIpc) is 3.25. The Hall–Kier alpha value is -3.61. The van der Waals surface area contributed by atoms with Gasteiger partial charge in [0.1, 0.15) is 5.60 Å². The molecule has 1 saturated heterocycles. The third-order valence-electron chi connectivity index (χ3n) is 5.89. The lowest BCUT2D eigenvalue weighted by molar-refractivity contribution is 0.0203. The van der Waals surface area contributed by atoms with E-state index >= 15 is 0 Å². The molecule has 2 heterocycles. The fourth-order valence-corrected chi connectivity index (χ4v) is 4.20. The summed E-state index contributed by atoms with van der Waals surface area (Å²) in [5, 5.41) is 7.60. The lowest BCUT2D eigenvalue weighted by atomic mass is 9.90. The summed E-state index contributed by atoms with van der Waals surface area (Å²) in [6.07, 6.45) is 2.80. The van der Waals surface area contributed by atoms with Crippen LogP contribution in [0.25, 0.3) is 5.69 Å². The third-order valence-corrected chi connectivity index (χ3v) is 5.89. The molecule has 34 heavy (non-hydrogen) atoms. The molecule has 7 nitrogen and oxygen atoms in total. The second kappa shape index (κ2) is 9.71. The van der Waals surface area contributed by atoms with Crippen molar-refractivity contribution in [3.8, 4) is 5.69 Å². The van der Waals surface area contributed by atoms with Gasteiger partial charge >= 0.3 is 6.09 Å². The fraction of sp³-hybridized carbons (Fsp3) is 0.370. The van der Waals surface area contributed by atoms with Gasteiger partial charge in [0.15, 0.2) is 0 Å². The Morgan fingerprint density at radius 1 is 1.00 bits per heavy atom. The van der Waals surface area contributed by atoms with Crippen molar-refractivity contribution in [2.75, 3.05) is 18.4 Å². The fourth-order valence-electron chi connectivity index (χ4n) is 4.20. The van der Waals surface area contributed by atoms with Gasteiger partial charge in [0.25, 0.3) is 5.91 Å². The summed E-state index contributed by atoms with van der Waals surface area (Å²) in [6, 6.07) is 17.6. The Labute approximate surface area is 200 Å². The van der Waals surface area contributed by atoms with E-state index in [1.165, 1.54) is 0 Å². The molecule has 178 valence electrons. The number of aryl methyl sites for hydroxylation is 1. The highest BCUT2D eigenvalue weighted by atomic mass is 16.6. The number of ether oxygens (including phenoxy) is 1. The summed E-state index contributed by atoms with van der Waals surface area (Å²) in [6.45, 7) is 8.76. The number of hydrogen-bond donors (Lipinski definition) is 1. The molecule has 0 atom stereocenters.